The number of anilines is 3. The zero-order valence-electron chi connectivity index (χ0n) is 15.8. The van der Waals surface area contributed by atoms with Crippen LogP contribution in [-0.2, 0) is 0 Å². The number of aromatic nitrogens is 3. The highest BCUT2D eigenvalue weighted by atomic mass is 35.5. The maximum atomic E-state index is 6.12. The Morgan fingerprint density at radius 1 is 1.04 bits per heavy atom. The summed E-state index contributed by atoms with van der Waals surface area (Å²) in [5, 5.41) is 7.56. The van der Waals surface area contributed by atoms with Gasteiger partial charge in [0.15, 0.2) is 0 Å². The minimum atomic E-state index is 0.482. The van der Waals surface area contributed by atoms with Gasteiger partial charge in [0.05, 0.1) is 15.7 Å². The lowest BCUT2D eigenvalue weighted by molar-refractivity contribution is 0.405. The Bertz CT molecular complexity index is 918. The van der Waals surface area contributed by atoms with E-state index in [2.05, 4.69) is 44.6 Å². The molecule has 2 heterocycles. The summed E-state index contributed by atoms with van der Waals surface area (Å²) >= 11 is 12.1. The number of benzene rings is 1. The average Bonchev–Trinajstić information content (AvgIpc) is 2.68. The maximum Gasteiger partial charge on any atom is 0.225 e. The lowest BCUT2D eigenvalue weighted by Gasteiger charge is -2.13. The highest BCUT2D eigenvalue weighted by Crippen LogP contribution is 2.28. The van der Waals surface area contributed by atoms with Gasteiger partial charge < -0.3 is 15.5 Å². The highest BCUT2D eigenvalue weighted by molar-refractivity contribution is 6.42. The van der Waals surface area contributed by atoms with Gasteiger partial charge in [0, 0.05) is 36.3 Å². The third kappa shape index (κ3) is 5.79. The number of rotatable bonds is 8. The van der Waals surface area contributed by atoms with Crippen LogP contribution < -0.4 is 10.6 Å². The fraction of sp³-hybridized carbons (Fsp3) is 0.250. The summed E-state index contributed by atoms with van der Waals surface area (Å²) in [6.07, 6.45) is 4.50. The second-order valence-electron chi connectivity index (χ2n) is 6.54. The van der Waals surface area contributed by atoms with Crippen molar-refractivity contribution in [1.82, 2.24) is 19.9 Å². The molecule has 2 aromatic heterocycles. The standard InChI is InChI=1S/C20H22Cl2N6/c1-28(2)10-4-9-24-20-26-18(14-5-3-8-23-13-14)12-19(27-20)25-15-6-7-16(21)17(22)11-15/h3,5-8,11-13H,4,9-10H2,1-2H3,(H2,24,25,26,27). The molecule has 0 amide bonds. The molecule has 1 aromatic carbocycles. The number of hydrogen-bond donors (Lipinski definition) is 2. The predicted octanol–water partition coefficient (Wildman–Crippen LogP) is 4.95. The lowest BCUT2D eigenvalue weighted by atomic mass is 10.2. The molecule has 0 fully saturated rings. The molecule has 0 radical (unpaired) electrons. The molecule has 0 spiro atoms. The van der Waals surface area contributed by atoms with Crippen molar-refractivity contribution >= 4 is 40.7 Å². The van der Waals surface area contributed by atoms with Crippen LogP contribution >= 0.6 is 23.2 Å². The molecule has 0 saturated heterocycles. The van der Waals surface area contributed by atoms with Crippen LogP contribution in [0.4, 0.5) is 17.5 Å². The molecule has 146 valence electrons. The van der Waals surface area contributed by atoms with Crippen LogP contribution in [0.5, 0.6) is 0 Å². The first-order chi connectivity index (χ1) is 13.5. The van der Waals surface area contributed by atoms with Gasteiger partial charge in [-0.1, -0.05) is 23.2 Å². The SMILES string of the molecule is CN(C)CCCNc1nc(Nc2ccc(Cl)c(Cl)c2)cc(-c2cccnc2)n1. The Labute approximate surface area is 174 Å². The molecule has 6 nitrogen and oxygen atoms in total. The van der Waals surface area contributed by atoms with Crippen molar-refractivity contribution in [2.24, 2.45) is 0 Å². The molecule has 3 aromatic rings. The molecular formula is C20H22Cl2N6. The summed E-state index contributed by atoms with van der Waals surface area (Å²) in [5.74, 6) is 1.21. The van der Waals surface area contributed by atoms with Gasteiger partial charge in [0.1, 0.15) is 5.82 Å². The van der Waals surface area contributed by atoms with Gasteiger partial charge >= 0.3 is 0 Å². The van der Waals surface area contributed by atoms with E-state index in [-0.39, 0.29) is 0 Å². The minimum absolute atomic E-state index is 0.482. The monoisotopic (exact) mass is 416 g/mol. The Morgan fingerprint density at radius 2 is 1.89 bits per heavy atom. The van der Waals surface area contributed by atoms with E-state index in [0.717, 1.165) is 36.5 Å². The lowest BCUT2D eigenvalue weighted by Crippen LogP contribution is -2.17. The predicted molar refractivity (Wildman–Crippen MR) is 117 cm³/mol. The average molecular weight is 417 g/mol. The maximum absolute atomic E-state index is 6.12. The largest absolute Gasteiger partial charge is 0.354 e. The smallest absolute Gasteiger partial charge is 0.225 e. The van der Waals surface area contributed by atoms with Crippen LogP contribution in [0.2, 0.25) is 10.0 Å². The van der Waals surface area contributed by atoms with Crippen LogP contribution in [0.15, 0.2) is 48.8 Å². The first-order valence-corrected chi connectivity index (χ1v) is 9.67. The molecule has 2 N–H and O–H groups in total. The van der Waals surface area contributed by atoms with E-state index < -0.39 is 0 Å². The first-order valence-electron chi connectivity index (χ1n) is 8.91. The summed E-state index contributed by atoms with van der Waals surface area (Å²) in [6.45, 7) is 1.77. The van der Waals surface area contributed by atoms with Gasteiger partial charge in [-0.05, 0) is 57.4 Å². The molecule has 0 unspecified atom stereocenters. The van der Waals surface area contributed by atoms with E-state index in [1.807, 2.05) is 24.3 Å². The number of pyridine rings is 1. The summed E-state index contributed by atoms with van der Waals surface area (Å²) in [4.78, 5) is 15.5. The fourth-order valence-corrected chi connectivity index (χ4v) is 2.87. The quantitative estimate of drug-likeness (QED) is 0.506. The van der Waals surface area contributed by atoms with Crippen LogP contribution in [0.1, 0.15) is 6.42 Å². The van der Waals surface area contributed by atoms with Crippen molar-refractivity contribution in [3.63, 3.8) is 0 Å². The molecule has 0 bridgehead atoms. The fourth-order valence-electron chi connectivity index (χ4n) is 2.57. The van der Waals surface area contributed by atoms with Gasteiger partial charge in [-0.2, -0.15) is 4.98 Å². The van der Waals surface area contributed by atoms with Crippen LogP contribution in [-0.4, -0.2) is 47.0 Å². The van der Waals surface area contributed by atoms with E-state index in [1.54, 1.807) is 24.5 Å². The highest BCUT2D eigenvalue weighted by Gasteiger charge is 2.08. The van der Waals surface area contributed by atoms with Crippen molar-refractivity contribution in [1.29, 1.82) is 0 Å². The van der Waals surface area contributed by atoms with Gasteiger partial charge in [-0.15, -0.1) is 0 Å². The van der Waals surface area contributed by atoms with Crippen molar-refractivity contribution in [2.75, 3.05) is 37.8 Å². The summed E-state index contributed by atoms with van der Waals surface area (Å²) in [7, 11) is 4.11. The first kappa shape index (κ1) is 20.3. The number of nitrogens with zero attached hydrogens (tertiary/aromatic N) is 4. The molecule has 0 aliphatic rings. The molecule has 3 rings (SSSR count). The van der Waals surface area contributed by atoms with Crippen molar-refractivity contribution < 1.29 is 0 Å². The van der Waals surface area contributed by atoms with E-state index in [4.69, 9.17) is 23.2 Å². The summed E-state index contributed by atoms with van der Waals surface area (Å²) < 4.78 is 0. The number of nitrogens with one attached hydrogen (secondary N) is 2. The van der Waals surface area contributed by atoms with Crippen molar-refractivity contribution in [3.05, 3.63) is 58.8 Å². The molecule has 8 heteroatoms. The van der Waals surface area contributed by atoms with Gasteiger partial charge in [0.25, 0.3) is 0 Å². The molecule has 28 heavy (non-hydrogen) atoms. The van der Waals surface area contributed by atoms with Crippen molar-refractivity contribution in [3.8, 4) is 11.3 Å². The van der Waals surface area contributed by atoms with Crippen LogP contribution in [0.25, 0.3) is 11.3 Å². The third-order valence-corrected chi connectivity index (χ3v) is 4.68. The van der Waals surface area contributed by atoms with E-state index in [9.17, 15) is 0 Å². The van der Waals surface area contributed by atoms with E-state index >= 15 is 0 Å². The minimum Gasteiger partial charge on any atom is -0.354 e. The topological polar surface area (TPSA) is 66.0 Å². The number of halogens is 2. The second kappa shape index (κ2) is 9.68. The Hall–Kier alpha value is -2.41. The Balaban J connectivity index is 1.85. The van der Waals surface area contributed by atoms with E-state index in [0.29, 0.717) is 21.8 Å². The zero-order chi connectivity index (χ0) is 19.9. The zero-order valence-corrected chi connectivity index (χ0v) is 17.3. The Kier molecular flexibility index (Phi) is 7.03. The molecule has 0 aliphatic carbocycles. The van der Waals surface area contributed by atoms with Crippen LogP contribution in [0.3, 0.4) is 0 Å². The number of hydrogen-bond acceptors (Lipinski definition) is 6. The van der Waals surface area contributed by atoms with Crippen LogP contribution in [0, 0.1) is 0 Å². The summed E-state index contributed by atoms with van der Waals surface area (Å²) in [5.41, 5.74) is 2.49. The van der Waals surface area contributed by atoms with E-state index in [1.165, 1.54) is 0 Å². The normalized spacial score (nSPS) is 10.9. The third-order valence-electron chi connectivity index (χ3n) is 3.94. The summed E-state index contributed by atoms with van der Waals surface area (Å²) in [6, 6.07) is 11.1. The van der Waals surface area contributed by atoms with Crippen molar-refractivity contribution in [2.45, 2.75) is 6.42 Å². The van der Waals surface area contributed by atoms with Gasteiger partial charge in [0.2, 0.25) is 5.95 Å². The van der Waals surface area contributed by atoms with Gasteiger partial charge in [-0.25, -0.2) is 4.98 Å². The molecule has 0 atom stereocenters. The molecule has 0 saturated carbocycles. The molecule has 0 aliphatic heterocycles. The Morgan fingerprint density at radius 3 is 2.61 bits per heavy atom. The molecular weight excluding hydrogens is 395 g/mol. The second-order valence-corrected chi connectivity index (χ2v) is 7.36. The van der Waals surface area contributed by atoms with Gasteiger partial charge in [-0.3, -0.25) is 4.98 Å².